The van der Waals surface area contributed by atoms with Gasteiger partial charge in [0.05, 0.1) is 19.8 Å². The van der Waals surface area contributed by atoms with E-state index in [0.717, 1.165) is 39.0 Å². The van der Waals surface area contributed by atoms with Crippen molar-refractivity contribution in [3.8, 4) is 0 Å². The fraction of sp³-hybridized carbons (Fsp3) is 1.00. The van der Waals surface area contributed by atoms with E-state index in [1.807, 2.05) is 0 Å². The topological polar surface area (TPSA) is 67.2 Å². The predicted octanol–water partition coefficient (Wildman–Crippen LogP) is 1.28. The molecule has 0 aromatic heterocycles. The van der Waals surface area contributed by atoms with Gasteiger partial charge in [-0.25, -0.2) is 0 Å². The molecule has 0 fully saturated rings. The minimum atomic E-state index is 0. The first kappa shape index (κ1) is 28.0. The van der Waals surface area contributed by atoms with Crippen LogP contribution in [0.3, 0.4) is 0 Å². The molecular weight excluding hydrogens is 256 g/mol. The molecule has 0 aromatic carbocycles. The number of hydrogen-bond acceptors (Lipinski definition) is 5. The summed E-state index contributed by atoms with van der Waals surface area (Å²) in [6, 6.07) is 0. The van der Waals surface area contributed by atoms with Crippen LogP contribution in [-0.2, 0) is 0 Å². The fourth-order valence-electron chi connectivity index (χ4n) is 1.93. The molecule has 0 bridgehead atoms. The average Bonchev–Trinajstić information content (AvgIpc) is 2.30. The summed E-state index contributed by atoms with van der Waals surface area (Å²) in [5.74, 6) is 0. The lowest BCUT2D eigenvalue weighted by Crippen LogP contribution is -2.34. The highest BCUT2D eigenvalue weighted by molar-refractivity contribution is 4.61. The highest BCUT2D eigenvalue weighted by atomic mass is 16.3. The van der Waals surface area contributed by atoms with Gasteiger partial charge in [-0.15, -0.1) is 0 Å². The van der Waals surface area contributed by atoms with Gasteiger partial charge in [0.15, 0.2) is 0 Å². The fourth-order valence-corrected chi connectivity index (χ4v) is 1.93. The molecule has 0 rings (SSSR count). The van der Waals surface area contributed by atoms with E-state index >= 15 is 0 Å². The van der Waals surface area contributed by atoms with Crippen molar-refractivity contribution in [3.05, 3.63) is 0 Å². The summed E-state index contributed by atoms with van der Waals surface area (Å²) in [5.41, 5.74) is 0. The molecule has 3 N–H and O–H groups in total. The van der Waals surface area contributed by atoms with Crippen LogP contribution in [0.25, 0.3) is 0 Å². The van der Waals surface area contributed by atoms with Crippen LogP contribution >= 0.6 is 0 Å². The number of rotatable bonds is 12. The molecule has 0 unspecified atom stereocenters. The monoisotopic (exact) mass is 296 g/mol. The van der Waals surface area contributed by atoms with E-state index in [2.05, 4.69) is 16.7 Å². The van der Waals surface area contributed by atoms with Crippen LogP contribution in [0, 0.1) is 0 Å². The Morgan fingerprint density at radius 3 is 1.25 bits per heavy atom. The normalized spacial score (nSPS) is 9.90. The van der Waals surface area contributed by atoms with Gasteiger partial charge in [-0.3, -0.25) is 4.90 Å². The molecular formula is C15H40N2O3. The first-order valence-corrected chi connectivity index (χ1v) is 6.55. The van der Waals surface area contributed by atoms with Gasteiger partial charge in [-0.1, -0.05) is 29.2 Å². The zero-order valence-electron chi connectivity index (χ0n) is 11.0. The van der Waals surface area contributed by atoms with E-state index in [0.29, 0.717) is 13.1 Å². The van der Waals surface area contributed by atoms with E-state index in [9.17, 15) is 0 Å². The first-order valence-electron chi connectivity index (χ1n) is 6.55. The van der Waals surface area contributed by atoms with E-state index < -0.39 is 0 Å². The summed E-state index contributed by atoms with van der Waals surface area (Å²) in [5, 5.41) is 26.7. The van der Waals surface area contributed by atoms with E-state index in [1.54, 1.807) is 0 Å². The number of nitrogens with zero attached hydrogens (tertiary/aromatic N) is 2. The maximum absolute atomic E-state index is 8.92. The Morgan fingerprint density at radius 2 is 0.950 bits per heavy atom. The second kappa shape index (κ2) is 21.1. The van der Waals surface area contributed by atoms with Crippen molar-refractivity contribution in [1.82, 2.24) is 9.80 Å². The van der Waals surface area contributed by atoms with Gasteiger partial charge in [0.2, 0.25) is 0 Å². The second-order valence-electron chi connectivity index (χ2n) is 4.21. The Kier molecular flexibility index (Phi) is 29.6. The maximum Gasteiger partial charge on any atom is 0.0558 e. The van der Waals surface area contributed by atoms with Gasteiger partial charge in [-0.05, 0) is 32.5 Å². The van der Waals surface area contributed by atoms with Crippen LogP contribution in [0.1, 0.15) is 42.0 Å². The summed E-state index contributed by atoms with van der Waals surface area (Å²) in [6.07, 6.45) is 2.09. The molecule has 0 radical (unpaired) electrons. The van der Waals surface area contributed by atoms with Crippen molar-refractivity contribution in [2.45, 2.75) is 42.0 Å². The van der Waals surface area contributed by atoms with Crippen molar-refractivity contribution in [2.24, 2.45) is 0 Å². The lowest BCUT2D eigenvalue weighted by Gasteiger charge is -2.24. The molecule has 0 amide bonds. The first-order chi connectivity index (χ1) is 8.28. The van der Waals surface area contributed by atoms with Gasteiger partial charge in [0.1, 0.15) is 0 Å². The van der Waals surface area contributed by atoms with Crippen LogP contribution in [0.4, 0.5) is 0 Å². The van der Waals surface area contributed by atoms with Crippen LogP contribution in [0.15, 0.2) is 0 Å². The third-order valence-electron chi connectivity index (χ3n) is 2.74. The summed E-state index contributed by atoms with van der Waals surface area (Å²) in [6.45, 7) is 7.43. The largest absolute Gasteiger partial charge is 0.395 e. The predicted molar refractivity (Wildman–Crippen MR) is 89.2 cm³/mol. The molecule has 0 aliphatic carbocycles. The molecule has 5 heteroatoms. The van der Waals surface area contributed by atoms with Crippen molar-refractivity contribution < 1.29 is 15.3 Å². The van der Waals surface area contributed by atoms with E-state index in [4.69, 9.17) is 15.3 Å². The average molecular weight is 296 g/mol. The molecule has 20 heavy (non-hydrogen) atoms. The summed E-state index contributed by atoms with van der Waals surface area (Å²) in [7, 11) is 0. The Balaban J connectivity index is -0.000000427. The molecule has 0 saturated heterocycles. The smallest absolute Gasteiger partial charge is 0.0558 e. The third-order valence-corrected chi connectivity index (χ3v) is 2.74. The quantitative estimate of drug-likeness (QED) is 0.506. The highest BCUT2D eigenvalue weighted by Gasteiger charge is 2.06. The Hall–Kier alpha value is -0.200. The lowest BCUT2D eigenvalue weighted by atomic mass is 10.3. The molecule has 0 atom stereocenters. The lowest BCUT2D eigenvalue weighted by molar-refractivity contribution is 0.148. The minimum Gasteiger partial charge on any atom is -0.395 e. The minimum absolute atomic E-state index is 0. The Labute approximate surface area is 127 Å². The Morgan fingerprint density at radius 1 is 0.600 bits per heavy atom. The van der Waals surface area contributed by atoms with Crippen molar-refractivity contribution in [1.29, 1.82) is 0 Å². The zero-order chi connectivity index (χ0) is 12.9. The zero-order valence-corrected chi connectivity index (χ0v) is 11.0. The van der Waals surface area contributed by atoms with E-state index in [-0.39, 0.29) is 42.1 Å². The van der Waals surface area contributed by atoms with Crippen LogP contribution in [-0.4, -0.2) is 84.2 Å². The summed E-state index contributed by atoms with van der Waals surface area (Å²) < 4.78 is 0. The Bertz CT molecular complexity index is 132. The molecule has 0 spiro atoms. The van der Waals surface area contributed by atoms with Crippen LogP contribution in [0.2, 0.25) is 0 Å². The molecule has 0 saturated carbocycles. The van der Waals surface area contributed by atoms with Crippen LogP contribution in [0.5, 0.6) is 0 Å². The van der Waals surface area contributed by atoms with Crippen molar-refractivity contribution in [3.63, 3.8) is 0 Å². The van der Waals surface area contributed by atoms with Gasteiger partial charge in [0, 0.05) is 19.6 Å². The van der Waals surface area contributed by atoms with Gasteiger partial charge in [-0.2, -0.15) is 0 Å². The summed E-state index contributed by atoms with van der Waals surface area (Å²) in [4.78, 5) is 4.30. The SMILES string of the molecule is C.C.C.CCCN(CCO)CCCN(CCO)CCO. The van der Waals surface area contributed by atoms with Crippen molar-refractivity contribution >= 4 is 0 Å². The summed E-state index contributed by atoms with van der Waals surface area (Å²) >= 11 is 0. The second-order valence-corrected chi connectivity index (χ2v) is 4.21. The standard InChI is InChI=1S/C12H28N2O3.3CH4/c1-2-4-13(7-10-15)5-3-6-14(8-11-16)9-12-17;;;/h15-17H,2-12H2,1H3;3*1H4. The van der Waals surface area contributed by atoms with Gasteiger partial charge in [0.25, 0.3) is 0 Å². The molecule has 0 heterocycles. The molecule has 0 aliphatic heterocycles. The number of aliphatic hydroxyl groups is 3. The van der Waals surface area contributed by atoms with Crippen molar-refractivity contribution in [2.75, 3.05) is 59.1 Å². The van der Waals surface area contributed by atoms with Crippen LogP contribution < -0.4 is 0 Å². The number of hydrogen-bond donors (Lipinski definition) is 3. The van der Waals surface area contributed by atoms with E-state index in [1.165, 1.54) is 0 Å². The third kappa shape index (κ3) is 15.9. The molecule has 128 valence electrons. The highest BCUT2D eigenvalue weighted by Crippen LogP contribution is 1.97. The molecule has 0 aromatic rings. The van der Waals surface area contributed by atoms with Gasteiger partial charge >= 0.3 is 0 Å². The molecule has 5 nitrogen and oxygen atoms in total. The number of aliphatic hydroxyl groups excluding tert-OH is 3. The maximum atomic E-state index is 8.92. The van der Waals surface area contributed by atoms with Gasteiger partial charge < -0.3 is 20.2 Å². The molecule has 0 aliphatic rings.